The molecule has 1 unspecified atom stereocenters. The highest BCUT2D eigenvalue weighted by atomic mass is 16.6. The zero-order chi connectivity index (χ0) is 32.2. The number of carbonyl (C=O) groups is 2. The largest absolute Gasteiger partial charge is 0.462 e. The van der Waals surface area contributed by atoms with E-state index in [0.29, 0.717) is 12.8 Å². The molecular weight excluding hydrogens is 548 g/mol. The molecule has 0 aliphatic rings. The smallest absolute Gasteiger partial charge is 0.306 e. The molecule has 0 heterocycles. The number of aliphatic hydroxyl groups is 1. The van der Waals surface area contributed by atoms with Gasteiger partial charge in [-0.2, -0.15) is 0 Å². The van der Waals surface area contributed by atoms with E-state index in [4.69, 9.17) is 9.47 Å². The number of unbranched alkanes of at least 4 members (excludes halogenated alkanes) is 19. The number of carbonyl (C=O) groups excluding carboxylic acids is 2. The molecular formula is C39H70O5. The SMILES string of the molecule is CC/C=C\C/C=C\C/C=C\CCCCCCCC(=O)OCC(CO)OC(=O)CCCCCCCCCCCCCCCCC. The highest BCUT2D eigenvalue weighted by molar-refractivity contribution is 5.70. The van der Waals surface area contributed by atoms with Crippen LogP contribution in [0.1, 0.15) is 181 Å². The van der Waals surface area contributed by atoms with Gasteiger partial charge < -0.3 is 14.6 Å². The summed E-state index contributed by atoms with van der Waals surface area (Å²) in [7, 11) is 0. The van der Waals surface area contributed by atoms with Crippen molar-refractivity contribution >= 4 is 11.9 Å². The van der Waals surface area contributed by atoms with Crippen molar-refractivity contribution in [3.8, 4) is 0 Å². The first-order chi connectivity index (χ1) is 21.6. The van der Waals surface area contributed by atoms with Crippen molar-refractivity contribution < 1.29 is 24.2 Å². The molecule has 5 nitrogen and oxygen atoms in total. The Hall–Kier alpha value is -1.88. The van der Waals surface area contributed by atoms with Crippen molar-refractivity contribution in [2.24, 2.45) is 0 Å². The summed E-state index contributed by atoms with van der Waals surface area (Å²) in [5.41, 5.74) is 0. The molecule has 0 radical (unpaired) electrons. The van der Waals surface area contributed by atoms with E-state index in [-0.39, 0.29) is 25.2 Å². The van der Waals surface area contributed by atoms with Crippen LogP contribution in [-0.4, -0.2) is 36.4 Å². The maximum absolute atomic E-state index is 12.1. The van der Waals surface area contributed by atoms with Gasteiger partial charge in [-0.3, -0.25) is 9.59 Å². The minimum atomic E-state index is -0.774. The number of aliphatic hydroxyl groups excluding tert-OH is 1. The molecule has 0 aromatic carbocycles. The van der Waals surface area contributed by atoms with Crippen LogP contribution in [-0.2, 0) is 19.1 Å². The zero-order valence-electron chi connectivity index (χ0n) is 28.9. The van der Waals surface area contributed by atoms with Gasteiger partial charge in [0.2, 0.25) is 0 Å². The number of ether oxygens (including phenoxy) is 2. The number of esters is 2. The van der Waals surface area contributed by atoms with Gasteiger partial charge in [0.25, 0.3) is 0 Å². The maximum Gasteiger partial charge on any atom is 0.306 e. The molecule has 0 aromatic rings. The molecule has 1 atom stereocenters. The Morgan fingerprint density at radius 1 is 0.545 bits per heavy atom. The van der Waals surface area contributed by atoms with E-state index in [1.807, 2.05) is 0 Å². The van der Waals surface area contributed by atoms with Crippen LogP contribution < -0.4 is 0 Å². The third-order valence-electron chi connectivity index (χ3n) is 7.95. The first kappa shape index (κ1) is 42.1. The van der Waals surface area contributed by atoms with E-state index in [1.54, 1.807) is 0 Å². The van der Waals surface area contributed by atoms with E-state index in [9.17, 15) is 14.7 Å². The van der Waals surface area contributed by atoms with Crippen LogP contribution in [0.5, 0.6) is 0 Å². The highest BCUT2D eigenvalue weighted by Crippen LogP contribution is 2.14. The van der Waals surface area contributed by atoms with E-state index >= 15 is 0 Å². The van der Waals surface area contributed by atoms with Gasteiger partial charge in [0, 0.05) is 12.8 Å². The van der Waals surface area contributed by atoms with Crippen molar-refractivity contribution in [2.75, 3.05) is 13.2 Å². The fourth-order valence-corrected chi connectivity index (χ4v) is 5.16. The zero-order valence-corrected chi connectivity index (χ0v) is 28.9. The molecule has 0 aromatic heterocycles. The summed E-state index contributed by atoms with van der Waals surface area (Å²) >= 11 is 0. The van der Waals surface area contributed by atoms with Gasteiger partial charge in [-0.25, -0.2) is 0 Å². The van der Waals surface area contributed by atoms with Crippen LogP contribution >= 0.6 is 0 Å². The highest BCUT2D eigenvalue weighted by Gasteiger charge is 2.16. The van der Waals surface area contributed by atoms with Crippen molar-refractivity contribution in [3.63, 3.8) is 0 Å². The Labute approximate surface area is 272 Å². The first-order valence-electron chi connectivity index (χ1n) is 18.5. The lowest BCUT2D eigenvalue weighted by Gasteiger charge is -2.15. The number of hydrogen-bond acceptors (Lipinski definition) is 5. The number of allylic oxidation sites excluding steroid dienone is 6. The van der Waals surface area contributed by atoms with Crippen LogP contribution in [0.2, 0.25) is 0 Å². The molecule has 1 N–H and O–H groups in total. The van der Waals surface area contributed by atoms with E-state index < -0.39 is 6.10 Å². The summed E-state index contributed by atoms with van der Waals surface area (Å²) in [6, 6.07) is 0. The van der Waals surface area contributed by atoms with Crippen molar-refractivity contribution in [1.29, 1.82) is 0 Å². The second kappa shape index (κ2) is 35.6. The minimum Gasteiger partial charge on any atom is -0.462 e. The molecule has 0 saturated heterocycles. The second-order valence-corrected chi connectivity index (χ2v) is 12.3. The lowest BCUT2D eigenvalue weighted by Crippen LogP contribution is -2.28. The lowest BCUT2D eigenvalue weighted by atomic mass is 10.0. The van der Waals surface area contributed by atoms with E-state index in [1.165, 1.54) is 89.9 Å². The van der Waals surface area contributed by atoms with E-state index in [0.717, 1.165) is 64.2 Å². The third kappa shape index (κ3) is 33.0. The van der Waals surface area contributed by atoms with Crippen molar-refractivity contribution in [3.05, 3.63) is 36.5 Å². The summed E-state index contributed by atoms with van der Waals surface area (Å²) in [4.78, 5) is 24.2. The molecule has 44 heavy (non-hydrogen) atoms. The Kier molecular flexibility index (Phi) is 34.1. The summed E-state index contributed by atoms with van der Waals surface area (Å²) < 4.78 is 10.6. The molecule has 0 rings (SSSR count). The van der Waals surface area contributed by atoms with Gasteiger partial charge in [-0.15, -0.1) is 0 Å². The molecule has 0 aliphatic heterocycles. The Morgan fingerprint density at radius 2 is 0.977 bits per heavy atom. The fraction of sp³-hybridized carbons (Fsp3) is 0.795. The first-order valence-corrected chi connectivity index (χ1v) is 18.5. The predicted molar refractivity (Wildman–Crippen MR) is 187 cm³/mol. The molecule has 0 fully saturated rings. The summed E-state index contributed by atoms with van der Waals surface area (Å²) in [5.74, 6) is -0.607. The summed E-state index contributed by atoms with van der Waals surface area (Å²) in [6.07, 6.45) is 42.0. The van der Waals surface area contributed by atoms with Crippen LogP contribution in [0.25, 0.3) is 0 Å². The fourth-order valence-electron chi connectivity index (χ4n) is 5.16. The summed E-state index contributed by atoms with van der Waals surface area (Å²) in [6.45, 7) is 4.01. The van der Waals surface area contributed by atoms with Gasteiger partial charge in [-0.05, 0) is 44.9 Å². The number of hydrogen-bond donors (Lipinski definition) is 1. The Bertz CT molecular complexity index is 711. The molecule has 0 bridgehead atoms. The summed E-state index contributed by atoms with van der Waals surface area (Å²) in [5, 5.41) is 9.53. The minimum absolute atomic E-state index is 0.0725. The standard InChI is InChI=1S/C39H70O5/c1-3-5-7-9-11-13-15-17-19-21-23-25-27-29-31-33-38(41)43-36-37(35-40)44-39(42)34-32-30-28-26-24-22-20-18-16-14-12-10-8-6-4-2/h5,7,11,13,17,19,37,40H,3-4,6,8-10,12,14-16,18,20-36H2,1-2H3/b7-5-,13-11-,19-17-. The molecule has 256 valence electrons. The van der Waals surface area contributed by atoms with Gasteiger partial charge in [0.05, 0.1) is 6.61 Å². The Balaban J connectivity index is 3.58. The topological polar surface area (TPSA) is 72.8 Å². The van der Waals surface area contributed by atoms with Gasteiger partial charge in [0.15, 0.2) is 6.10 Å². The molecule has 0 saturated carbocycles. The van der Waals surface area contributed by atoms with Gasteiger partial charge in [0.1, 0.15) is 6.61 Å². The van der Waals surface area contributed by atoms with Crippen LogP contribution in [0.3, 0.4) is 0 Å². The van der Waals surface area contributed by atoms with Gasteiger partial charge in [-0.1, -0.05) is 159 Å². The normalized spacial score (nSPS) is 12.5. The third-order valence-corrected chi connectivity index (χ3v) is 7.95. The van der Waals surface area contributed by atoms with Gasteiger partial charge >= 0.3 is 11.9 Å². The predicted octanol–water partition coefficient (Wildman–Crippen LogP) is 11.3. The lowest BCUT2D eigenvalue weighted by molar-refractivity contribution is -0.161. The molecule has 5 heteroatoms. The average Bonchev–Trinajstić information content (AvgIpc) is 3.02. The molecule has 0 amide bonds. The molecule has 0 aliphatic carbocycles. The van der Waals surface area contributed by atoms with E-state index in [2.05, 4.69) is 50.3 Å². The Morgan fingerprint density at radius 3 is 1.48 bits per heavy atom. The molecule has 0 spiro atoms. The second-order valence-electron chi connectivity index (χ2n) is 12.3. The van der Waals surface area contributed by atoms with Crippen molar-refractivity contribution in [2.45, 2.75) is 187 Å². The van der Waals surface area contributed by atoms with Crippen LogP contribution in [0.15, 0.2) is 36.5 Å². The monoisotopic (exact) mass is 619 g/mol. The van der Waals surface area contributed by atoms with Crippen LogP contribution in [0.4, 0.5) is 0 Å². The maximum atomic E-state index is 12.1. The number of rotatable bonds is 33. The average molecular weight is 619 g/mol. The van der Waals surface area contributed by atoms with Crippen LogP contribution in [0, 0.1) is 0 Å². The quantitative estimate of drug-likeness (QED) is 0.0450. The van der Waals surface area contributed by atoms with Crippen molar-refractivity contribution in [1.82, 2.24) is 0 Å².